The molecule has 1 atom stereocenters. The lowest BCUT2D eigenvalue weighted by molar-refractivity contribution is 0.0939. The van der Waals surface area contributed by atoms with E-state index >= 15 is 0 Å². The second-order valence-electron chi connectivity index (χ2n) is 5.41. The first-order chi connectivity index (χ1) is 12.0. The lowest BCUT2D eigenvalue weighted by Gasteiger charge is -2.17. The summed E-state index contributed by atoms with van der Waals surface area (Å²) in [4.78, 5) is 12.6. The third-order valence-corrected chi connectivity index (χ3v) is 3.87. The number of methoxy groups -OCH3 is 4. The highest BCUT2D eigenvalue weighted by Gasteiger charge is 2.15. The van der Waals surface area contributed by atoms with Gasteiger partial charge in [-0.15, -0.1) is 0 Å². The number of ether oxygens (including phenoxy) is 4. The molecule has 0 bridgehead atoms. The molecule has 2 aromatic carbocycles. The van der Waals surface area contributed by atoms with Crippen molar-refractivity contribution in [1.82, 2.24) is 5.32 Å². The Hall–Kier alpha value is -2.89. The van der Waals surface area contributed by atoms with Crippen LogP contribution in [0.2, 0.25) is 0 Å². The van der Waals surface area contributed by atoms with Crippen LogP contribution in [0.15, 0.2) is 36.4 Å². The van der Waals surface area contributed by atoms with E-state index in [4.69, 9.17) is 18.9 Å². The van der Waals surface area contributed by atoms with E-state index in [0.717, 1.165) is 5.56 Å². The normalized spacial score (nSPS) is 11.4. The van der Waals surface area contributed by atoms with Crippen molar-refractivity contribution in [2.24, 2.45) is 0 Å². The molecule has 0 spiro atoms. The highest BCUT2D eigenvalue weighted by molar-refractivity contribution is 5.95. The summed E-state index contributed by atoms with van der Waals surface area (Å²) in [5.74, 6) is 2.15. The van der Waals surface area contributed by atoms with Crippen LogP contribution in [-0.2, 0) is 0 Å². The first kappa shape index (κ1) is 18.4. The smallest absolute Gasteiger partial charge is 0.252 e. The molecule has 0 unspecified atom stereocenters. The van der Waals surface area contributed by atoms with Gasteiger partial charge in [0.1, 0.15) is 11.5 Å². The van der Waals surface area contributed by atoms with Gasteiger partial charge in [0, 0.05) is 11.6 Å². The zero-order chi connectivity index (χ0) is 18.4. The summed E-state index contributed by atoms with van der Waals surface area (Å²) in [6.07, 6.45) is 0. The SMILES string of the molecule is COc1cc(OC)cc(C(=O)N[C@H](C)c2ccc(OC)c(OC)c2)c1. The van der Waals surface area contributed by atoms with E-state index in [2.05, 4.69) is 5.32 Å². The molecule has 0 saturated carbocycles. The molecule has 6 nitrogen and oxygen atoms in total. The lowest BCUT2D eigenvalue weighted by atomic mass is 10.1. The Kier molecular flexibility index (Phi) is 6.11. The molecule has 0 aliphatic carbocycles. The van der Waals surface area contributed by atoms with E-state index in [-0.39, 0.29) is 11.9 Å². The van der Waals surface area contributed by atoms with Crippen molar-refractivity contribution >= 4 is 5.91 Å². The van der Waals surface area contributed by atoms with Gasteiger partial charge < -0.3 is 24.3 Å². The van der Waals surface area contributed by atoms with Crippen LogP contribution in [0, 0.1) is 0 Å². The molecule has 134 valence electrons. The largest absolute Gasteiger partial charge is 0.497 e. The van der Waals surface area contributed by atoms with Crippen molar-refractivity contribution in [3.63, 3.8) is 0 Å². The number of benzene rings is 2. The van der Waals surface area contributed by atoms with Crippen LogP contribution in [0.25, 0.3) is 0 Å². The summed E-state index contributed by atoms with van der Waals surface area (Å²) < 4.78 is 20.9. The van der Waals surface area contributed by atoms with Gasteiger partial charge in [-0.25, -0.2) is 0 Å². The maximum absolute atomic E-state index is 12.6. The van der Waals surface area contributed by atoms with Gasteiger partial charge >= 0.3 is 0 Å². The van der Waals surface area contributed by atoms with Gasteiger partial charge in [-0.05, 0) is 36.8 Å². The first-order valence-electron chi connectivity index (χ1n) is 7.78. The number of nitrogens with one attached hydrogen (secondary N) is 1. The van der Waals surface area contributed by atoms with Crippen molar-refractivity contribution in [3.8, 4) is 23.0 Å². The molecular weight excluding hydrogens is 322 g/mol. The van der Waals surface area contributed by atoms with Gasteiger partial charge in [0.05, 0.1) is 34.5 Å². The molecule has 2 aromatic rings. The van der Waals surface area contributed by atoms with Crippen LogP contribution >= 0.6 is 0 Å². The Balaban J connectivity index is 2.20. The Morgan fingerprint density at radius 2 is 1.44 bits per heavy atom. The van der Waals surface area contributed by atoms with E-state index in [9.17, 15) is 4.79 Å². The summed E-state index contributed by atoms with van der Waals surface area (Å²) >= 11 is 0. The zero-order valence-electron chi connectivity index (χ0n) is 15.1. The highest BCUT2D eigenvalue weighted by atomic mass is 16.5. The Bertz CT molecular complexity index is 722. The van der Waals surface area contributed by atoms with Crippen molar-refractivity contribution in [2.45, 2.75) is 13.0 Å². The quantitative estimate of drug-likeness (QED) is 0.835. The number of carbonyl (C=O) groups excluding carboxylic acids is 1. The highest BCUT2D eigenvalue weighted by Crippen LogP contribution is 2.30. The molecule has 0 radical (unpaired) electrons. The summed E-state index contributed by atoms with van der Waals surface area (Å²) in [7, 11) is 6.25. The van der Waals surface area contributed by atoms with Crippen molar-refractivity contribution in [2.75, 3.05) is 28.4 Å². The van der Waals surface area contributed by atoms with Gasteiger partial charge in [-0.2, -0.15) is 0 Å². The fourth-order valence-corrected chi connectivity index (χ4v) is 2.42. The minimum atomic E-state index is -0.223. The number of carbonyl (C=O) groups is 1. The molecule has 6 heteroatoms. The molecule has 0 fully saturated rings. The minimum Gasteiger partial charge on any atom is -0.497 e. The molecule has 2 rings (SSSR count). The van der Waals surface area contributed by atoms with Crippen LogP contribution in [-0.4, -0.2) is 34.3 Å². The Labute approximate surface area is 147 Å². The van der Waals surface area contributed by atoms with Crippen LogP contribution in [0.3, 0.4) is 0 Å². The third-order valence-electron chi connectivity index (χ3n) is 3.87. The van der Waals surface area contributed by atoms with Gasteiger partial charge in [-0.3, -0.25) is 4.79 Å². The number of hydrogen-bond donors (Lipinski definition) is 1. The van der Waals surface area contributed by atoms with Crippen LogP contribution < -0.4 is 24.3 Å². The van der Waals surface area contributed by atoms with E-state index in [0.29, 0.717) is 28.6 Å². The van der Waals surface area contributed by atoms with E-state index in [1.165, 1.54) is 0 Å². The van der Waals surface area contributed by atoms with Crippen LogP contribution in [0.1, 0.15) is 28.9 Å². The summed E-state index contributed by atoms with van der Waals surface area (Å²) in [6.45, 7) is 1.90. The predicted molar refractivity (Wildman–Crippen MR) is 95.0 cm³/mol. The van der Waals surface area contributed by atoms with Crippen molar-refractivity contribution in [1.29, 1.82) is 0 Å². The van der Waals surface area contributed by atoms with Crippen molar-refractivity contribution in [3.05, 3.63) is 47.5 Å². The topological polar surface area (TPSA) is 66.0 Å². The fourth-order valence-electron chi connectivity index (χ4n) is 2.42. The minimum absolute atomic E-state index is 0.218. The summed E-state index contributed by atoms with van der Waals surface area (Å²) in [6, 6.07) is 10.4. The van der Waals surface area contributed by atoms with E-state index in [1.807, 2.05) is 25.1 Å². The van der Waals surface area contributed by atoms with Crippen LogP contribution in [0.5, 0.6) is 23.0 Å². The van der Waals surface area contributed by atoms with Gasteiger partial charge in [0.15, 0.2) is 11.5 Å². The third kappa shape index (κ3) is 4.35. The monoisotopic (exact) mass is 345 g/mol. The zero-order valence-corrected chi connectivity index (χ0v) is 15.1. The molecule has 0 aliphatic rings. The second kappa shape index (κ2) is 8.28. The molecule has 0 saturated heterocycles. The van der Waals surface area contributed by atoms with Gasteiger partial charge in [-0.1, -0.05) is 6.07 Å². The molecular formula is C19H23NO5. The molecule has 25 heavy (non-hydrogen) atoms. The standard InChI is InChI=1S/C19H23NO5/c1-12(13-6-7-17(24-4)18(10-13)25-5)20-19(21)14-8-15(22-2)11-16(9-14)23-3/h6-12H,1-5H3,(H,20,21)/t12-/m1/s1. The Morgan fingerprint density at radius 3 is 1.96 bits per heavy atom. The molecule has 0 heterocycles. The maximum Gasteiger partial charge on any atom is 0.252 e. The molecule has 0 aliphatic heterocycles. The van der Waals surface area contributed by atoms with E-state index in [1.54, 1.807) is 46.6 Å². The maximum atomic E-state index is 12.6. The van der Waals surface area contributed by atoms with Gasteiger partial charge in [0.2, 0.25) is 0 Å². The van der Waals surface area contributed by atoms with Crippen molar-refractivity contribution < 1.29 is 23.7 Å². The Morgan fingerprint density at radius 1 is 0.840 bits per heavy atom. The predicted octanol–water partition coefficient (Wildman–Crippen LogP) is 3.21. The summed E-state index contributed by atoms with van der Waals surface area (Å²) in [5.41, 5.74) is 1.37. The fraction of sp³-hybridized carbons (Fsp3) is 0.316. The van der Waals surface area contributed by atoms with Crippen LogP contribution in [0.4, 0.5) is 0 Å². The average Bonchev–Trinajstić information content (AvgIpc) is 2.66. The first-order valence-corrected chi connectivity index (χ1v) is 7.78. The lowest BCUT2D eigenvalue weighted by Crippen LogP contribution is -2.26. The number of rotatable bonds is 7. The number of hydrogen-bond acceptors (Lipinski definition) is 5. The van der Waals surface area contributed by atoms with Gasteiger partial charge in [0.25, 0.3) is 5.91 Å². The number of amides is 1. The average molecular weight is 345 g/mol. The second-order valence-corrected chi connectivity index (χ2v) is 5.41. The van der Waals surface area contributed by atoms with E-state index < -0.39 is 0 Å². The molecule has 1 amide bonds. The molecule has 1 N–H and O–H groups in total. The molecule has 0 aromatic heterocycles. The summed E-state index contributed by atoms with van der Waals surface area (Å²) in [5, 5.41) is 2.96.